The molecule has 3 rings (SSSR count). The van der Waals surface area contributed by atoms with Gasteiger partial charge < -0.3 is 9.47 Å². The van der Waals surface area contributed by atoms with E-state index in [9.17, 15) is 39.2 Å². The van der Waals surface area contributed by atoms with E-state index in [0.717, 1.165) is 28.6 Å². The monoisotopic (exact) mass is 596 g/mol. The van der Waals surface area contributed by atoms with Crippen molar-refractivity contribution in [3.05, 3.63) is 53.8 Å². The molecule has 0 unspecified atom stereocenters. The highest BCUT2D eigenvalue weighted by atomic mass is 32.2. The van der Waals surface area contributed by atoms with Gasteiger partial charge in [0, 0.05) is 13.0 Å². The van der Waals surface area contributed by atoms with Gasteiger partial charge in [-0.3, -0.25) is 9.10 Å². The lowest BCUT2D eigenvalue weighted by Crippen LogP contribution is -2.44. The first-order valence-corrected chi connectivity index (χ1v) is 14.9. The number of ether oxygens (including phenoxy) is 2. The van der Waals surface area contributed by atoms with E-state index in [4.69, 9.17) is 4.74 Å². The fourth-order valence-corrected chi connectivity index (χ4v) is 6.36. The number of alkyl halides is 3. The molecule has 1 aliphatic heterocycles. The van der Waals surface area contributed by atoms with Crippen LogP contribution in [0.25, 0.3) is 0 Å². The second-order valence-corrected chi connectivity index (χ2v) is 13.1. The minimum atomic E-state index is -4.80. The molecule has 15 heteroatoms. The first kappa shape index (κ1) is 30.6. The second-order valence-electron chi connectivity index (χ2n) is 9.30. The van der Waals surface area contributed by atoms with Crippen LogP contribution in [0.4, 0.5) is 23.2 Å². The third kappa shape index (κ3) is 7.39. The lowest BCUT2D eigenvalue weighted by molar-refractivity contribution is -0.257. The average Bonchev–Trinajstić information content (AvgIpc) is 2.81. The Bertz CT molecular complexity index is 1410. The molecule has 2 aromatic carbocycles. The van der Waals surface area contributed by atoms with Crippen molar-refractivity contribution >= 4 is 31.7 Å². The second kappa shape index (κ2) is 11.3. The van der Waals surface area contributed by atoms with Gasteiger partial charge in [-0.05, 0) is 55.8 Å². The number of fused-ring (bicyclic) bond motifs is 1. The average molecular weight is 597 g/mol. The molecule has 0 bridgehead atoms. The molecule has 1 aliphatic rings. The number of rotatable bonds is 10. The van der Waals surface area contributed by atoms with Crippen LogP contribution in [-0.4, -0.2) is 59.5 Å². The number of benzene rings is 2. The van der Waals surface area contributed by atoms with Crippen molar-refractivity contribution in [2.24, 2.45) is 0 Å². The van der Waals surface area contributed by atoms with Crippen LogP contribution >= 0.6 is 0 Å². The van der Waals surface area contributed by atoms with Gasteiger partial charge in [-0.15, -0.1) is 0 Å². The van der Waals surface area contributed by atoms with Crippen LogP contribution in [0.5, 0.6) is 5.75 Å². The third-order valence-electron chi connectivity index (χ3n) is 5.83. The molecule has 1 N–H and O–H groups in total. The summed E-state index contributed by atoms with van der Waals surface area (Å²) in [5.41, 5.74) is -2.61. The van der Waals surface area contributed by atoms with E-state index in [-0.39, 0.29) is 47.2 Å². The summed E-state index contributed by atoms with van der Waals surface area (Å²) in [6.45, 7) is 2.88. The summed E-state index contributed by atoms with van der Waals surface area (Å²) in [6, 6.07) is 8.01. The quantitative estimate of drug-likeness (QED) is 0.329. The maximum atomic E-state index is 13.5. The Labute approximate surface area is 224 Å². The van der Waals surface area contributed by atoms with E-state index < -0.39 is 56.1 Å². The predicted octanol–water partition coefficient (Wildman–Crippen LogP) is 3.54. The van der Waals surface area contributed by atoms with Gasteiger partial charge in [-0.25, -0.2) is 25.9 Å². The van der Waals surface area contributed by atoms with E-state index in [2.05, 4.69) is 9.46 Å². The molecule has 0 saturated carbocycles. The SMILES string of the molecule is CCNS(=O)(=O)CC[C@H]1CN(S(=O)(=O)c2ccc(F)cc2)c2cc(CC(=O)OC(C)(C)C(F)(F)F)ccc2O1. The highest BCUT2D eigenvalue weighted by Gasteiger charge is 2.50. The van der Waals surface area contributed by atoms with Gasteiger partial charge in [0.1, 0.15) is 17.7 Å². The molecule has 0 aromatic heterocycles. The Balaban J connectivity index is 1.94. The van der Waals surface area contributed by atoms with Gasteiger partial charge in [-0.1, -0.05) is 13.0 Å². The summed E-state index contributed by atoms with van der Waals surface area (Å²) in [4.78, 5) is 12.0. The van der Waals surface area contributed by atoms with Crippen LogP contribution in [0.15, 0.2) is 47.4 Å². The van der Waals surface area contributed by atoms with Gasteiger partial charge in [0.15, 0.2) is 0 Å². The number of sulfonamides is 2. The van der Waals surface area contributed by atoms with E-state index in [1.807, 2.05) is 0 Å². The zero-order valence-corrected chi connectivity index (χ0v) is 22.9. The lowest BCUT2D eigenvalue weighted by Gasteiger charge is -2.36. The molecular formula is C24H28F4N2O7S2. The van der Waals surface area contributed by atoms with Crippen LogP contribution < -0.4 is 13.8 Å². The molecule has 0 aliphatic carbocycles. The number of carbonyl (C=O) groups is 1. The maximum Gasteiger partial charge on any atom is 0.427 e. The van der Waals surface area contributed by atoms with Crippen molar-refractivity contribution < 1.29 is 48.7 Å². The van der Waals surface area contributed by atoms with E-state index in [1.165, 1.54) is 18.2 Å². The summed E-state index contributed by atoms with van der Waals surface area (Å²) >= 11 is 0. The van der Waals surface area contributed by atoms with Gasteiger partial charge >= 0.3 is 12.1 Å². The minimum absolute atomic E-state index is 0.0227. The van der Waals surface area contributed by atoms with E-state index >= 15 is 0 Å². The molecule has 39 heavy (non-hydrogen) atoms. The van der Waals surface area contributed by atoms with Crippen LogP contribution in [-0.2, 0) is 36.0 Å². The topological polar surface area (TPSA) is 119 Å². The van der Waals surface area contributed by atoms with Crippen molar-refractivity contribution in [1.29, 1.82) is 0 Å². The number of hydrogen-bond donors (Lipinski definition) is 1. The van der Waals surface area contributed by atoms with Crippen molar-refractivity contribution in [2.45, 2.75) is 56.4 Å². The number of carbonyl (C=O) groups excluding carboxylic acids is 1. The number of esters is 1. The zero-order chi connectivity index (χ0) is 29.2. The molecule has 0 amide bonds. The van der Waals surface area contributed by atoms with Crippen LogP contribution in [0.1, 0.15) is 32.8 Å². The summed E-state index contributed by atoms with van der Waals surface area (Å²) in [6.07, 6.45) is -6.35. The Hall–Kier alpha value is -2.91. The Morgan fingerprint density at radius 2 is 1.74 bits per heavy atom. The molecular weight excluding hydrogens is 568 g/mol. The van der Waals surface area contributed by atoms with Crippen LogP contribution in [0, 0.1) is 5.82 Å². The highest BCUT2D eigenvalue weighted by Crippen LogP contribution is 2.39. The van der Waals surface area contributed by atoms with Gasteiger partial charge in [0.05, 0.1) is 29.3 Å². The first-order chi connectivity index (χ1) is 17.9. The molecule has 0 spiro atoms. The fraction of sp³-hybridized carbons (Fsp3) is 0.458. The van der Waals surface area contributed by atoms with Crippen molar-refractivity contribution in [2.75, 3.05) is 23.1 Å². The molecule has 2 aromatic rings. The van der Waals surface area contributed by atoms with E-state index in [0.29, 0.717) is 13.8 Å². The Kier molecular flexibility index (Phi) is 8.87. The zero-order valence-electron chi connectivity index (χ0n) is 21.3. The van der Waals surface area contributed by atoms with Crippen molar-refractivity contribution in [1.82, 2.24) is 4.72 Å². The van der Waals surface area contributed by atoms with Crippen LogP contribution in [0.3, 0.4) is 0 Å². The smallest absolute Gasteiger partial charge is 0.427 e. The Morgan fingerprint density at radius 1 is 1.10 bits per heavy atom. The van der Waals surface area contributed by atoms with Gasteiger partial charge in [0.25, 0.3) is 10.0 Å². The summed E-state index contributed by atoms with van der Waals surface area (Å²) in [5.74, 6) is -2.14. The Morgan fingerprint density at radius 3 is 2.33 bits per heavy atom. The molecule has 1 heterocycles. The third-order valence-corrected chi connectivity index (χ3v) is 9.13. The van der Waals surface area contributed by atoms with Crippen molar-refractivity contribution in [3.8, 4) is 5.75 Å². The number of nitrogens with zero attached hydrogens (tertiary/aromatic N) is 1. The van der Waals surface area contributed by atoms with Gasteiger partial charge in [0.2, 0.25) is 15.6 Å². The highest BCUT2D eigenvalue weighted by molar-refractivity contribution is 7.92. The maximum absolute atomic E-state index is 13.5. The normalized spacial score (nSPS) is 16.4. The molecule has 0 fully saturated rings. The molecule has 0 saturated heterocycles. The first-order valence-electron chi connectivity index (χ1n) is 11.8. The molecule has 9 nitrogen and oxygen atoms in total. The standard InChI is InChI=1S/C24H28F4N2O7S2/c1-4-29-38(32,33)12-11-18-15-30(39(34,35)19-8-6-17(25)7-9-19)20-13-16(5-10-21(20)36-18)14-22(31)37-23(2,3)24(26,27)28/h5-10,13,18,29H,4,11-12,14-15H2,1-3H3/t18-/m0/s1. The van der Waals surface area contributed by atoms with Crippen LogP contribution in [0.2, 0.25) is 0 Å². The largest absolute Gasteiger partial charge is 0.486 e. The van der Waals surface area contributed by atoms with Gasteiger partial charge in [-0.2, -0.15) is 13.2 Å². The van der Waals surface area contributed by atoms with E-state index in [1.54, 1.807) is 6.92 Å². The lowest BCUT2D eigenvalue weighted by atomic mass is 10.1. The predicted molar refractivity (Wildman–Crippen MR) is 134 cm³/mol. The number of hydrogen-bond acceptors (Lipinski definition) is 7. The number of anilines is 1. The van der Waals surface area contributed by atoms with Crippen molar-refractivity contribution in [3.63, 3.8) is 0 Å². The summed E-state index contributed by atoms with van der Waals surface area (Å²) < 4.78 is 118. The summed E-state index contributed by atoms with van der Waals surface area (Å²) in [7, 11) is -7.96. The number of halogens is 4. The molecule has 1 atom stereocenters. The summed E-state index contributed by atoms with van der Waals surface area (Å²) in [5, 5.41) is 0. The fourth-order valence-electron chi connectivity index (χ4n) is 3.70. The molecule has 216 valence electrons. The molecule has 0 radical (unpaired) electrons. The number of nitrogens with one attached hydrogen (secondary N) is 1. The minimum Gasteiger partial charge on any atom is -0.486 e.